The zero-order valence-corrected chi connectivity index (χ0v) is 12.0. The minimum absolute atomic E-state index is 0.200. The number of aliphatic hydroxyl groups is 1. The van der Waals surface area contributed by atoms with Gasteiger partial charge >= 0.3 is 6.09 Å². The van der Waals surface area contributed by atoms with Gasteiger partial charge < -0.3 is 19.5 Å². The Morgan fingerprint density at radius 3 is 2.44 bits per heavy atom. The van der Waals surface area contributed by atoms with E-state index in [1.165, 1.54) is 0 Å². The van der Waals surface area contributed by atoms with Crippen LogP contribution in [0.5, 0.6) is 0 Å². The van der Waals surface area contributed by atoms with Gasteiger partial charge in [-0.3, -0.25) is 0 Å². The second-order valence-corrected chi connectivity index (χ2v) is 5.88. The van der Waals surface area contributed by atoms with Gasteiger partial charge in [-0.15, -0.1) is 0 Å². The number of rotatable bonds is 0. The number of hydrogen-bond acceptors (Lipinski definition) is 4. The molecule has 1 N–H and O–H groups in total. The molecule has 3 unspecified atom stereocenters. The van der Waals surface area contributed by atoms with Crippen molar-refractivity contribution in [2.75, 3.05) is 26.8 Å². The Hall–Kier alpha value is -0.810. The first-order valence-corrected chi connectivity index (χ1v) is 6.41. The topological polar surface area (TPSA) is 59.0 Å². The van der Waals surface area contributed by atoms with Crippen molar-refractivity contribution in [2.24, 2.45) is 11.8 Å². The molecule has 106 valence electrons. The monoisotopic (exact) mass is 259 g/mol. The van der Waals surface area contributed by atoms with Crippen molar-refractivity contribution in [1.82, 2.24) is 4.90 Å². The van der Waals surface area contributed by atoms with Crippen molar-refractivity contribution in [3.63, 3.8) is 0 Å². The molecular formula is C13H25NO4. The van der Waals surface area contributed by atoms with E-state index in [4.69, 9.17) is 14.6 Å². The number of hydrogen-bond donors (Lipinski definition) is 1. The first-order chi connectivity index (χ1) is 8.37. The van der Waals surface area contributed by atoms with Crippen molar-refractivity contribution >= 4 is 6.09 Å². The number of likely N-dealkylation sites (tertiary alicyclic amines) is 1. The molecule has 0 aliphatic carbocycles. The summed E-state index contributed by atoms with van der Waals surface area (Å²) in [5, 5.41) is 7.00. The molecule has 0 radical (unpaired) electrons. The van der Waals surface area contributed by atoms with Gasteiger partial charge in [-0.2, -0.15) is 0 Å². The van der Waals surface area contributed by atoms with E-state index >= 15 is 0 Å². The summed E-state index contributed by atoms with van der Waals surface area (Å²) in [6.45, 7) is 10.1. The minimum atomic E-state index is -0.417. The Kier molecular flexibility index (Phi) is 4.99. The van der Waals surface area contributed by atoms with Crippen LogP contribution in [-0.4, -0.2) is 54.6 Å². The standard InChI is InChI=1S/C12H21NO3.CH4O/c1-8-9-5-13(6-10(8)15-7-9)11(14)16-12(2,3)4;1-2/h8-10H,5-7H2,1-4H3;2H,1H3. The van der Waals surface area contributed by atoms with Crippen LogP contribution < -0.4 is 0 Å². The van der Waals surface area contributed by atoms with Gasteiger partial charge in [0.1, 0.15) is 5.60 Å². The fourth-order valence-electron chi connectivity index (χ4n) is 2.34. The Morgan fingerprint density at radius 1 is 1.33 bits per heavy atom. The zero-order chi connectivity index (χ0) is 13.9. The zero-order valence-electron chi connectivity index (χ0n) is 12.0. The molecule has 2 aliphatic rings. The van der Waals surface area contributed by atoms with E-state index < -0.39 is 5.60 Å². The number of piperidine rings is 1. The first-order valence-electron chi connectivity index (χ1n) is 6.41. The lowest BCUT2D eigenvalue weighted by Gasteiger charge is -2.35. The van der Waals surface area contributed by atoms with Gasteiger partial charge in [0.15, 0.2) is 0 Å². The van der Waals surface area contributed by atoms with Crippen molar-refractivity contribution in [3.8, 4) is 0 Å². The maximum Gasteiger partial charge on any atom is 0.410 e. The lowest BCUT2D eigenvalue weighted by Crippen LogP contribution is -2.48. The summed E-state index contributed by atoms with van der Waals surface area (Å²) in [6, 6.07) is 0. The van der Waals surface area contributed by atoms with Crippen LogP contribution in [0.3, 0.4) is 0 Å². The number of ether oxygens (including phenoxy) is 2. The van der Waals surface area contributed by atoms with Crippen LogP contribution in [0.1, 0.15) is 27.7 Å². The number of fused-ring (bicyclic) bond motifs is 2. The number of amides is 1. The van der Waals surface area contributed by atoms with Gasteiger partial charge in [0.2, 0.25) is 0 Å². The van der Waals surface area contributed by atoms with Crippen LogP contribution in [0.15, 0.2) is 0 Å². The summed E-state index contributed by atoms with van der Waals surface area (Å²) in [7, 11) is 1.00. The third-order valence-electron chi connectivity index (χ3n) is 3.36. The van der Waals surface area contributed by atoms with E-state index in [-0.39, 0.29) is 12.2 Å². The molecule has 5 nitrogen and oxygen atoms in total. The van der Waals surface area contributed by atoms with E-state index in [2.05, 4.69) is 6.92 Å². The summed E-state index contributed by atoms with van der Waals surface area (Å²) in [4.78, 5) is 13.7. The highest BCUT2D eigenvalue weighted by Gasteiger charge is 2.42. The Morgan fingerprint density at radius 2 is 1.94 bits per heavy atom. The van der Waals surface area contributed by atoms with Gasteiger partial charge in [0, 0.05) is 19.6 Å². The molecule has 0 aromatic rings. The van der Waals surface area contributed by atoms with E-state index in [1.807, 2.05) is 20.8 Å². The van der Waals surface area contributed by atoms with Crippen molar-refractivity contribution in [1.29, 1.82) is 0 Å². The van der Waals surface area contributed by atoms with Crippen LogP contribution >= 0.6 is 0 Å². The molecule has 2 heterocycles. The Labute approximate surface area is 109 Å². The van der Waals surface area contributed by atoms with Crippen LogP contribution in [-0.2, 0) is 9.47 Å². The molecule has 0 aromatic carbocycles. The Bertz CT molecular complexity index is 273. The van der Waals surface area contributed by atoms with Crippen molar-refractivity contribution < 1.29 is 19.4 Å². The smallest absolute Gasteiger partial charge is 0.410 e. The molecule has 0 spiro atoms. The highest BCUT2D eigenvalue weighted by atomic mass is 16.6. The third kappa shape index (κ3) is 3.59. The molecule has 2 saturated heterocycles. The highest BCUT2D eigenvalue weighted by Crippen LogP contribution is 2.33. The predicted octanol–water partition coefficient (Wildman–Crippen LogP) is 1.50. The predicted molar refractivity (Wildman–Crippen MR) is 68.3 cm³/mol. The SMILES string of the molecule is CC1C2COC1CN(C(=O)OC(C)(C)C)C2.CO. The van der Waals surface area contributed by atoms with E-state index in [0.717, 1.165) is 20.3 Å². The minimum Gasteiger partial charge on any atom is -0.444 e. The molecule has 2 fully saturated rings. The van der Waals surface area contributed by atoms with E-state index in [9.17, 15) is 4.79 Å². The van der Waals surface area contributed by atoms with Gasteiger partial charge in [0.25, 0.3) is 0 Å². The van der Waals surface area contributed by atoms with Crippen LogP contribution in [0.2, 0.25) is 0 Å². The fraction of sp³-hybridized carbons (Fsp3) is 0.923. The van der Waals surface area contributed by atoms with Crippen LogP contribution in [0.25, 0.3) is 0 Å². The summed E-state index contributed by atoms with van der Waals surface area (Å²) >= 11 is 0. The number of carbonyl (C=O) groups is 1. The summed E-state index contributed by atoms with van der Waals surface area (Å²) in [5.41, 5.74) is -0.417. The van der Waals surface area contributed by atoms with E-state index in [0.29, 0.717) is 18.4 Å². The Balaban J connectivity index is 0.000000771. The highest BCUT2D eigenvalue weighted by molar-refractivity contribution is 5.68. The van der Waals surface area contributed by atoms with Gasteiger partial charge in [-0.25, -0.2) is 4.79 Å². The maximum atomic E-state index is 11.9. The summed E-state index contributed by atoms with van der Waals surface area (Å²) in [6.07, 6.45) is -0.00818. The van der Waals surface area contributed by atoms with Crippen LogP contribution in [0, 0.1) is 11.8 Å². The quantitative estimate of drug-likeness (QED) is 0.716. The first kappa shape index (κ1) is 15.2. The van der Waals surface area contributed by atoms with Gasteiger partial charge in [0.05, 0.1) is 19.3 Å². The molecule has 1 amide bonds. The fourth-order valence-corrected chi connectivity index (χ4v) is 2.34. The molecule has 0 saturated carbocycles. The second kappa shape index (κ2) is 5.89. The molecule has 2 rings (SSSR count). The number of carbonyl (C=O) groups excluding carboxylic acids is 1. The van der Waals surface area contributed by atoms with Gasteiger partial charge in [-0.1, -0.05) is 6.92 Å². The summed E-state index contributed by atoms with van der Waals surface area (Å²) < 4.78 is 11.0. The molecule has 2 aliphatic heterocycles. The largest absolute Gasteiger partial charge is 0.444 e. The van der Waals surface area contributed by atoms with Gasteiger partial charge in [-0.05, 0) is 26.7 Å². The average molecular weight is 259 g/mol. The molecule has 2 bridgehead atoms. The molecule has 5 heteroatoms. The average Bonchev–Trinajstić information content (AvgIpc) is 2.53. The van der Waals surface area contributed by atoms with Crippen molar-refractivity contribution in [2.45, 2.75) is 39.4 Å². The molecule has 3 atom stereocenters. The molecule has 18 heavy (non-hydrogen) atoms. The normalized spacial score (nSPS) is 30.6. The molecular weight excluding hydrogens is 234 g/mol. The third-order valence-corrected chi connectivity index (χ3v) is 3.36. The second-order valence-electron chi connectivity index (χ2n) is 5.88. The van der Waals surface area contributed by atoms with Crippen LogP contribution in [0.4, 0.5) is 4.79 Å². The summed E-state index contributed by atoms with van der Waals surface area (Å²) in [5.74, 6) is 1.05. The number of aliphatic hydroxyl groups excluding tert-OH is 1. The van der Waals surface area contributed by atoms with E-state index in [1.54, 1.807) is 4.90 Å². The maximum absolute atomic E-state index is 11.9. The molecule has 0 aromatic heterocycles. The lowest BCUT2D eigenvalue weighted by molar-refractivity contribution is 0.00260. The lowest BCUT2D eigenvalue weighted by atomic mass is 9.89. The van der Waals surface area contributed by atoms with Crippen molar-refractivity contribution in [3.05, 3.63) is 0 Å². The number of nitrogens with zero attached hydrogens (tertiary/aromatic N) is 1.